The van der Waals surface area contributed by atoms with Gasteiger partial charge in [-0.1, -0.05) is 19.9 Å². The number of aliphatic hydroxyl groups is 1. The average Bonchev–Trinajstić information content (AvgIpc) is 2.42. The Morgan fingerprint density at radius 3 is 2.60 bits per heavy atom. The molecule has 0 spiro atoms. The van der Waals surface area contributed by atoms with Gasteiger partial charge in [-0.05, 0) is 12.8 Å². The highest BCUT2D eigenvalue weighted by molar-refractivity contribution is 7.94. The highest BCUT2D eigenvalue weighted by Crippen LogP contribution is 2.16. The molecule has 0 amide bonds. The fourth-order valence-electron chi connectivity index (χ4n) is 1.24. The summed E-state index contributed by atoms with van der Waals surface area (Å²) in [6, 6.07) is -0.166. The van der Waals surface area contributed by atoms with Gasteiger partial charge in [-0.3, -0.25) is 0 Å². The molecule has 0 aliphatic carbocycles. The molecule has 2 atom stereocenters. The van der Waals surface area contributed by atoms with Crippen LogP contribution in [0.15, 0.2) is 11.5 Å². The Balaban J connectivity index is 2.44. The summed E-state index contributed by atoms with van der Waals surface area (Å²) in [6.45, 7) is 6.01. The van der Waals surface area contributed by atoms with E-state index in [1.165, 1.54) is 5.41 Å². The summed E-state index contributed by atoms with van der Waals surface area (Å²) in [7, 11) is -3.01. The minimum Gasteiger partial charge on any atom is -0.389 e. The second kappa shape index (κ2) is 4.23. The van der Waals surface area contributed by atoms with Crippen molar-refractivity contribution >= 4 is 9.84 Å². The van der Waals surface area contributed by atoms with Crippen molar-refractivity contribution in [2.75, 3.05) is 12.3 Å². The number of rotatable bonds is 4. The Labute approximate surface area is 91.3 Å². The Bertz CT molecular complexity index is 344. The van der Waals surface area contributed by atoms with Crippen LogP contribution in [0.25, 0.3) is 0 Å². The van der Waals surface area contributed by atoms with E-state index in [1.54, 1.807) is 13.0 Å². The SMILES string of the molecule is CC(C)C(C)(O)CNC1C=CS(=O)(=O)C1. The minimum absolute atomic E-state index is 0.0984. The molecule has 0 radical (unpaired) electrons. The van der Waals surface area contributed by atoms with Crippen LogP contribution in [0.3, 0.4) is 0 Å². The molecule has 0 aromatic rings. The van der Waals surface area contributed by atoms with Crippen molar-refractivity contribution in [2.24, 2.45) is 5.92 Å². The summed E-state index contributed by atoms with van der Waals surface area (Å²) >= 11 is 0. The fourth-order valence-corrected chi connectivity index (χ4v) is 2.51. The number of nitrogens with one attached hydrogen (secondary N) is 1. The molecule has 5 heteroatoms. The van der Waals surface area contributed by atoms with Crippen molar-refractivity contribution < 1.29 is 13.5 Å². The Hall–Kier alpha value is -0.390. The summed E-state index contributed by atoms with van der Waals surface area (Å²) < 4.78 is 22.2. The van der Waals surface area contributed by atoms with Gasteiger partial charge in [0, 0.05) is 18.0 Å². The lowest BCUT2D eigenvalue weighted by molar-refractivity contribution is 0.0134. The van der Waals surface area contributed by atoms with Crippen LogP contribution < -0.4 is 5.32 Å². The molecule has 1 aliphatic heterocycles. The van der Waals surface area contributed by atoms with Crippen LogP contribution in [0.1, 0.15) is 20.8 Å². The highest BCUT2D eigenvalue weighted by atomic mass is 32.2. The first kappa shape index (κ1) is 12.7. The summed E-state index contributed by atoms with van der Waals surface area (Å²) in [6.07, 6.45) is 1.63. The molecule has 0 saturated carbocycles. The van der Waals surface area contributed by atoms with Crippen LogP contribution in [-0.2, 0) is 9.84 Å². The van der Waals surface area contributed by atoms with E-state index >= 15 is 0 Å². The van der Waals surface area contributed by atoms with E-state index < -0.39 is 15.4 Å². The standard InChI is InChI=1S/C10H19NO3S/c1-8(2)10(3,12)7-11-9-4-5-15(13,14)6-9/h4-5,8-9,11-12H,6-7H2,1-3H3. The Kier molecular flexibility index (Phi) is 3.58. The maximum Gasteiger partial charge on any atom is 0.173 e. The highest BCUT2D eigenvalue weighted by Gasteiger charge is 2.27. The molecule has 1 aliphatic rings. The second-order valence-corrected chi connectivity index (χ2v) is 6.59. The number of sulfone groups is 1. The monoisotopic (exact) mass is 233 g/mol. The maximum atomic E-state index is 11.1. The van der Waals surface area contributed by atoms with Gasteiger partial charge in [-0.15, -0.1) is 0 Å². The van der Waals surface area contributed by atoms with Gasteiger partial charge in [-0.2, -0.15) is 0 Å². The molecule has 2 N–H and O–H groups in total. The fraction of sp³-hybridized carbons (Fsp3) is 0.800. The van der Waals surface area contributed by atoms with Crippen LogP contribution in [0.2, 0.25) is 0 Å². The van der Waals surface area contributed by atoms with Crippen molar-refractivity contribution in [2.45, 2.75) is 32.4 Å². The van der Waals surface area contributed by atoms with E-state index in [0.717, 1.165) is 0 Å². The lowest BCUT2D eigenvalue weighted by atomic mass is 9.92. The first-order valence-corrected chi connectivity index (χ1v) is 6.81. The van der Waals surface area contributed by atoms with Gasteiger partial charge < -0.3 is 10.4 Å². The topological polar surface area (TPSA) is 66.4 Å². The Morgan fingerprint density at radius 1 is 1.60 bits per heavy atom. The Morgan fingerprint density at radius 2 is 2.20 bits per heavy atom. The van der Waals surface area contributed by atoms with Crippen LogP contribution in [0, 0.1) is 5.92 Å². The van der Waals surface area contributed by atoms with E-state index in [2.05, 4.69) is 5.32 Å². The third kappa shape index (κ3) is 3.59. The maximum absolute atomic E-state index is 11.1. The molecule has 0 bridgehead atoms. The molecule has 0 aromatic heterocycles. The normalized spacial score (nSPS) is 28.2. The number of hydrogen-bond donors (Lipinski definition) is 2. The molecule has 0 aromatic carbocycles. The van der Waals surface area contributed by atoms with Gasteiger partial charge in [0.05, 0.1) is 11.4 Å². The molecule has 1 heterocycles. The molecular formula is C10H19NO3S. The molecule has 0 saturated heterocycles. The second-order valence-electron chi connectivity index (χ2n) is 4.66. The zero-order chi connectivity index (χ0) is 11.7. The quantitative estimate of drug-likeness (QED) is 0.732. The van der Waals surface area contributed by atoms with Gasteiger partial charge in [0.25, 0.3) is 0 Å². The molecule has 15 heavy (non-hydrogen) atoms. The van der Waals surface area contributed by atoms with Crippen molar-refractivity contribution in [1.82, 2.24) is 5.32 Å². The summed E-state index contributed by atoms with van der Waals surface area (Å²) in [4.78, 5) is 0. The molecule has 88 valence electrons. The molecule has 2 unspecified atom stereocenters. The van der Waals surface area contributed by atoms with E-state index in [9.17, 15) is 13.5 Å². The first-order valence-electron chi connectivity index (χ1n) is 5.10. The smallest absolute Gasteiger partial charge is 0.173 e. The molecule has 1 rings (SSSR count). The zero-order valence-corrected chi connectivity index (χ0v) is 10.2. The zero-order valence-electron chi connectivity index (χ0n) is 9.40. The van der Waals surface area contributed by atoms with Crippen molar-refractivity contribution in [3.63, 3.8) is 0 Å². The van der Waals surface area contributed by atoms with Gasteiger partial charge in [0.15, 0.2) is 9.84 Å². The van der Waals surface area contributed by atoms with Crippen LogP contribution >= 0.6 is 0 Å². The van der Waals surface area contributed by atoms with E-state index in [4.69, 9.17) is 0 Å². The van der Waals surface area contributed by atoms with E-state index in [0.29, 0.717) is 6.54 Å². The van der Waals surface area contributed by atoms with Crippen LogP contribution in [-0.4, -0.2) is 37.5 Å². The predicted molar refractivity (Wildman–Crippen MR) is 60.2 cm³/mol. The third-order valence-electron chi connectivity index (χ3n) is 2.90. The lowest BCUT2D eigenvalue weighted by Crippen LogP contribution is -2.46. The third-order valence-corrected chi connectivity index (χ3v) is 4.29. The van der Waals surface area contributed by atoms with Crippen molar-refractivity contribution in [3.05, 3.63) is 11.5 Å². The molecular weight excluding hydrogens is 214 g/mol. The van der Waals surface area contributed by atoms with Gasteiger partial charge in [0.1, 0.15) is 0 Å². The molecule has 0 fully saturated rings. The lowest BCUT2D eigenvalue weighted by Gasteiger charge is -2.29. The minimum atomic E-state index is -3.01. The van der Waals surface area contributed by atoms with E-state index in [1.807, 2.05) is 13.8 Å². The van der Waals surface area contributed by atoms with Crippen LogP contribution in [0.5, 0.6) is 0 Å². The largest absolute Gasteiger partial charge is 0.389 e. The summed E-state index contributed by atoms with van der Waals surface area (Å²) in [5, 5.41) is 14.2. The first-order chi connectivity index (χ1) is 6.73. The van der Waals surface area contributed by atoms with Gasteiger partial charge in [-0.25, -0.2) is 8.42 Å². The predicted octanol–water partition coefficient (Wildman–Crippen LogP) is 0.294. The van der Waals surface area contributed by atoms with Crippen molar-refractivity contribution in [3.8, 4) is 0 Å². The number of hydrogen-bond acceptors (Lipinski definition) is 4. The molecule has 4 nitrogen and oxygen atoms in total. The van der Waals surface area contributed by atoms with Gasteiger partial charge in [0.2, 0.25) is 0 Å². The van der Waals surface area contributed by atoms with Crippen molar-refractivity contribution in [1.29, 1.82) is 0 Å². The summed E-state index contributed by atoms with van der Waals surface area (Å²) in [5.41, 5.74) is -0.805. The summed E-state index contributed by atoms with van der Waals surface area (Å²) in [5.74, 6) is 0.230. The average molecular weight is 233 g/mol. The van der Waals surface area contributed by atoms with Crippen LogP contribution in [0.4, 0.5) is 0 Å². The van der Waals surface area contributed by atoms with E-state index in [-0.39, 0.29) is 17.7 Å². The van der Waals surface area contributed by atoms with Gasteiger partial charge >= 0.3 is 0 Å².